The van der Waals surface area contributed by atoms with Crippen molar-refractivity contribution in [2.24, 2.45) is 0 Å². The van der Waals surface area contributed by atoms with Crippen LogP contribution in [-0.4, -0.2) is 78.2 Å². The van der Waals surface area contributed by atoms with Crippen molar-refractivity contribution in [3.05, 3.63) is 65.7 Å². The number of ether oxygens (including phenoxy) is 4. The summed E-state index contributed by atoms with van der Waals surface area (Å²) >= 11 is 0. The number of carbonyl (C=O) groups is 1. The van der Waals surface area contributed by atoms with Crippen LogP contribution in [0.1, 0.15) is 24.0 Å². The van der Waals surface area contributed by atoms with Crippen LogP contribution in [-0.2, 0) is 39.9 Å². The Labute approximate surface area is 213 Å². The minimum Gasteiger partial charge on any atom is -0.445 e. The monoisotopic (exact) mass is 521 g/mol. The molecule has 0 spiro atoms. The molecular weight excluding hydrogens is 486 g/mol. The highest BCUT2D eigenvalue weighted by molar-refractivity contribution is 7.86. The van der Waals surface area contributed by atoms with E-state index in [1.54, 1.807) is 17.0 Å². The molecule has 0 radical (unpaired) electrons. The maximum atomic E-state index is 12.2. The first-order chi connectivity index (χ1) is 17.4. The topological polar surface area (TPSA) is 101 Å². The minimum absolute atomic E-state index is 0.0577. The Balaban J connectivity index is 1.15. The second kappa shape index (κ2) is 14.9. The number of benzene rings is 2. The Bertz CT molecular complexity index is 1010. The molecule has 1 aliphatic heterocycles. The maximum absolute atomic E-state index is 12.2. The fraction of sp³-hybridized carbons (Fsp3) is 0.500. The second-order valence-corrected chi connectivity index (χ2v) is 10.0. The van der Waals surface area contributed by atoms with Crippen molar-refractivity contribution < 1.29 is 36.3 Å². The Morgan fingerprint density at radius 1 is 0.861 bits per heavy atom. The van der Waals surface area contributed by atoms with E-state index in [1.807, 2.05) is 37.3 Å². The van der Waals surface area contributed by atoms with E-state index in [1.165, 1.54) is 12.1 Å². The van der Waals surface area contributed by atoms with Crippen LogP contribution in [0.4, 0.5) is 4.79 Å². The molecule has 1 heterocycles. The molecule has 198 valence electrons. The molecule has 2 aromatic carbocycles. The number of aryl methyl sites for hydroxylation is 1. The van der Waals surface area contributed by atoms with Gasteiger partial charge in [-0.3, -0.25) is 4.18 Å². The van der Waals surface area contributed by atoms with E-state index >= 15 is 0 Å². The van der Waals surface area contributed by atoms with Crippen molar-refractivity contribution in [2.45, 2.75) is 37.4 Å². The zero-order valence-electron chi connectivity index (χ0n) is 20.7. The second-order valence-electron chi connectivity index (χ2n) is 8.41. The Hall–Kier alpha value is -2.50. The van der Waals surface area contributed by atoms with Crippen molar-refractivity contribution in [3.8, 4) is 0 Å². The van der Waals surface area contributed by atoms with Gasteiger partial charge in [-0.25, -0.2) is 4.79 Å². The number of rotatable bonds is 14. The van der Waals surface area contributed by atoms with Gasteiger partial charge in [-0.15, -0.1) is 0 Å². The predicted molar refractivity (Wildman–Crippen MR) is 133 cm³/mol. The predicted octanol–water partition coefficient (Wildman–Crippen LogP) is 3.55. The summed E-state index contributed by atoms with van der Waals surface area (Å²) in [5.74, 6) is 0. The van der Waals surface area contributed by atoms with Crippen LogP contribution >= 0.6 is 0 Å². The van der Waals surface area contributed by atoms with E-state index < -0.39 is 10.1 Å². The summed E-state index contributed by atoms with van der Waals surface area (Å²) < 4.78 is 51.2. The van der Waals surface area contributed by atoms with Crippen LogP contribution in [0, 0.1) is 6.92 Å². The number of hydrogen-bond donors (Lipinski definition) is 0. The summed E-state index contributed by atoms with van der Waals surface area (Å²) in [7, 11) is -3.77. The molecular formula is C26H35NO8S. The number of amides is 1. The van der Waals surface area contributed by atoms with Crippen molar-refractivity contribution >= 4 is 16.2 Å². The molecule has 0 aliphatic carbocycles. The number of nitrogens with zero attached hydrogens (tertiary/aromatic N) is 1. The van der Waals surface area contributed by atoms with E-state index in [4.69, 9.17) is 23.1 Å². The third kappa shape index (κ3) is 9.87. The third-order valence-corrected chi connectivity index (χ3v) is 6.96. The average Bonchev–Trinajstić information content (AvgIpc) is 2.89. The summed E-state index contributed by atoms with van der Waals surface area (Å²) in [6.45, 7) is 5.06. The van der Waals surface area contributed by atoms with E-state index in [9.17, 15) is 13.2 Å². The molecule has 0 N–H and O–H groups in total. The molecule has 3 rings (SSSR count). The molecule has 1 aliphatic rings. The summed E-state index contributed by atoms with van der Waals surface area (Å²) in [6, 6.07) is 16.1. The Morgan fingerprint density at radius 3 is 2.14 bits per heavy atom. The lowest BCUT2D eigenvalue weighted by Gasteiger charge is -2.31. The van der Waals surface area contributed by atoms with Gasteiger partial charge < -0.3 is 23.8 Å². The van der Waals surface area contributed by atoms with Gasteiger partial charge in [0.2, 0.25) is 0 Å². The van der Waals surface area contributed by atoms with Crippen molar-refractivity contribution in [2.75, 3.05) is 52.7 Å². The van der Waals surface area contributed by atoms with E-state index in [-0.39, 0.29) is 36.9 Å². The number of hydrogen-bond acceptors (Lipinski definition) is 8. The van der Waals surface area contributed by atoms with E-state index in [2.05, 4.69) is 0 Å². The van der Waals surface area contributed by atoms with E-state index in [0.717, 1.165) is 24.0 Å². The summed E-state index contributed by atoms with van der Waals surface area (Å²) in [6.07, 6.45) is 1.32. The highest BCUT2D eigenvalue weighted by Gasteiger charge is 2.24. The zero-order valence-corrected chi connectivity index (χ0v) is 21.5. The van der Waals surface area contributed by atoms with Crippen molar-refractivity contribution in [1.29, 1.82) is 0 Å². The lowest BCUT2D eigenvalue weighted by Crippen LogP contribution is -2.41. The summed E-state index contributed by atoms with van der Waals surface area (Å²) in [5, 5.41) is 0. The fourth-order valence-corrected chi connectivity index (χ4v) is 4.48. The SMILES string of the molecule is Cc1ccc(S(=O)(=O)OCCOCCOCCOC2CCN(C(=O)OCc3ccccc3)CC2)cc1. The van der Waals surface area contributed by atoms with Crippen LogP contribution in [0.2, 0.25) is 0 Å². The lowest BCUT2D eigenvalue weighted by molar-refractivity contribution is -0.0318. The van der Waals surface area contributed by atoms with Gasteiger partial charge >= 0.3 is 6.09 Å². The van der Waals surface area contributed by atoms with E-state index in [0.29, 0.717) is 39.5 Å². The molecule has 1 fully saturated rings. The van der Waals surface area contributed by atoms with Gasteiger partial charge in [0.25, 0.3) is 10.1 Å². The molecule has 0 saturated carbocycles. The van der Waals surface area contributed by atoms with Gasteiger partial charge in [0, 0.05) is 13.1 Å². The van der Waals surface area contributed by atoms with Crippen LogP contribution in [0.5, 0.6) is 0 Å². The van der Waals surface area contributed by atoms with Gasteiger partial charge in [-0.2, -0.15) is 8.42 Å². The van der Waals surface area contributed by atoms with Gasteiger partial charge in [0.1, 0.15) is 6.61 Å². The minimum atomic E-state index is -3.77. The number of piperidine rings is 1. The zero-order chi connectivity index (χ0) is 25.6. The molecule has 0 unspecified atom stereocenters. The first-order valence-electron chi connectivity index (χ1n) is 12.1. The molecule has 1 amide bonds. The fourth-order valence-electron chi connectivity index (χ4n) is 3.59. The molecule has 9 nitrogen and oxygen atoms in total. The van der Waals surface area contributed by atoms with Crippen LogP contribution in [0.25, 0.3) is 0 Å². The largest absolute Gasteiger partial charge is 0.445 e. The van der Waals surface area contributed by atoms with Crippen LogP contribution < -0.4 is 0 Å². The normalized spacial score (nSPS) is 14.6. The lowest BCUT2D eigenvalue weighted by atomic mass is 10.1. The molecule has 2 aromatic rings. The summed E-state index contributed by atoms with van der Waals surface area (Å²) in [5.41, 5.74) is 1.94. The average molecular weight is 522 g/mol. The third-order valence-electron chi connectivity index (χ3n) is 5.63. The quantitative estimate of drug-likeness (QED) is 0.275. The van der Waals surface area contributed by atoms with Gasteiger partial charge in [0.05, 0.1) is 50.6 Å². The number of likely N-dealkylation sites (tertiary alicyclic amines) is 1. The molecule has 1 saturated heterocycles. The standard InChI is InChI=1S/C26H35NO8S/c1-22-7-9-25(10-8-22)36(29,30)35-20-18-32-16-15-31-17-19-33-24-11-13-27(14-12-24)26(28)34-21-23-5-3-2-4-6-23/h2-10,24H,11-21H2,1H3. The van der Waals surface area contributed by atoms with Crippen molar-refractivity contribution in [1.82, 2.24) is 4.90 Å². The molecule has 0 aromatic heterocycles. The highest BCUT2D eigenvalue weighted by Crippen LogP contribution is 2.15. The molecule has 0 atom stereocenters. The van der Waals surface area contributed by atoms with Crippen LogP contribution in [0.3, 0.4) is 0 Å². The van der Waals surface area contributed by atoms with Gasteiger partial charge in [0.15, 0.2) is 0 Å². The summed E-state index contributed by atoms with van der Waals surface area (Å²) in [4.78, 5) is 14.1. The first-order valence-corrected chi connectivity index (χ1v) is 13.5. The highest BCUT2D eigenvalue weighted by atomic mass is 32.2. The molecule has 36 heavy (non-hydrogen) atoms. The number of carbonyl (C=O) groups excluding carboxylic acids is 1. The molecule has 0 bridgehead atoms. The Morgan fingerprint density at radius 2 is 1.47 bits per heavy atom. The Kier molecular flexibility index (Phi) is 11.6. The van der Waals surface area contributed by atoms with Gasteiger partial charge in [-0.05, 0) is 37.5 Å². The van der Waals surface area contributed by atoms with Gasteiger partial charge in [-0.1, -0.05) is 48.0 Å². The first kappa shape index (κ1) is 28.1. The molecule has 10 heteroatoms. The maximum Gasteiger partial charge on any atom is 0.410 e. The smallest absolute Gasteiger partial charge is 0.410 e. The van der Waals surface area contributed by atoms with Crippen LogP contribution in [0.15, 0.2) is 59.5 Å². The van der Waals surface area contributed by atoms with Crippen molar-refractivity contribution in [3.63, 3.8) is 0 Å².